The zero-order valence-electron chi connectivity index (χ0n) is 7.80. The Kier molecular flexibility index (Phi) is 2.69. The van der Waals surface area contributed by atoms with Crippen molar-refractivity contribution in [3.05, 3.63) is 51.0 Å². The highest BCUT2D eigenvalue weighted by molar-refractivity contribution is 9.10. The Labute approximate surface area is 97.8 Å². The number of aromatic nitrogens is 2. The van der Waals surface area contributed by atoms with Gasteiger partial charge in [0.1, 0.15) is 11.5 Å². The molecule has 0 atom stereocenters. The van der Waals surface area contributed by atoms with Crippen LogP contribution in [0.2, 0.25) is 0 Å². The number of rotatable bonds is 2. The van der Waals surface area contributed by atoms with Crippen LogP contribution >= 0.6 is 15.9 Å². The Hall–Kier alpha value is -1.76. The molecule has 0 radical (unpaired) electrons. The van der Waals surface area contributed by atoms with E-state index in [0.717, 1.165) is 6.07 Å². The van der Waals surface area contributed by atoms with Gasteiger partial charge in [-0.1, -0.05) is 0 Å². The van der Waals surface area contributed by atoms with Crippen LogP contribution in [0.1, 0.15) is 0 Å². The normalized spacial score (nSPS) is 10.4. The molecule has 1 aromatic heterocycles. The van der Waals surface area contributed by atoms with Crippen LogP contribution in [0.5, 0.6) is 0 Å². The monoisotopic (exact) mass is 285 g/mol. The second kappa shape index (κ2) is 4.01. The van der Waals surface area contributed by atoms with Crippen LogP contribution in [-0.2, 0) is 0 Å². The van der Waals surface area contributed by atoms with Gasteiger partial charge in [0.05, 0.1) is 15.5 Å². The lowest BCUT2D eigenvalue weighted by Gasteiger charge is -2.04. The lowest BCUT2D eigenvalue weighted by Crippen LogP contribution is -2.01. The summed E-state index contributed by atoms with van der Waals surface area (Å²) in [7, 11) is 0. The predicted octanol–water partition coefficient (Wildman–Crippen LogP) is 2.68. The Morgan fingerprint density at radius 1 is 1.50 bits per heavy atom. The lowest BCUT2D eigenvalue weighted by molar-refractivity contribution is -0.384. The predicted molar refractivity (Wildman–Crippen MR) is 57.9 cm³/mol. The quantitative estimate of drug-likeness (QED) is 0.630. The highest BCUT2D eigenvalue weighted by Crippen LogP contribution is 2.28. The van der Waals surface area contributed by atoms with Crippen molar-refractivity contribution in [1.82, 2.24) is 9.78 Å². The smallest absolute Gasteiger partial charge is 0.258 e. The minimum Gasteiger partial charge on any atom is -0.258 e. The van der Waals surface area contributed by atoms with Crippen molar-refractivity contribution in [2.75, 3.05) is 0 Å². The molecule has 0 unspecified atom stereocenters. The molecule has 0 amide bonds. The van der Waals surface area contributed by atoms with Crippen molar-refractivity contribution in [3.63, 3.8) is 0 Å². The van der Waals surface area contributed by atoms with E-state index < -0.39 is 10.7 Å². The first-order chi connectivity index (χ1) is 7.59. The molecule has 0 saturated heterocycles. The summed E-state index contributed by atoms with van der Waals surface area (Å²) in [6, 6.07) is 3.81. The number of nitro benzene ring substituents is 1. The highest BCUT2D eigenvalue weighted by Gasteiger charge is 2.19. The van der Waals surface area contributed by atoms with Gasteiger partial charge in [0.25, 0.3) is 5.69 Å². The van der Waals surface area contributed by atoms with Gasteiger partial charge in [0.15, 0.2) is 0 Å². The van der Waals surface area contributed by atoms with E-state index in [1.54, 1.807) is 12.3 Å². The Morgan fingerprint density at radius 2 is 2.25 bits per heavy atom. The molecule has 2 aromatic rings. The first-order valence-electron chi connectivity index (χ1n) is 4.23. The lowest BCUT2D eigenvalue weighted by atomic mass is 10.2. The van der Waals surface area contributed by atoms with E-state index in [1.807, 2.05) is 0 Å². The average Bonchev–Trinajstić information content (AvgIpc) is 2.74. The van der Waals surface area contributed by atoms with Gasteiger partial charge < -0.3 is 0 Å². The van der Waals surface area contributed by atoms with E-state index in [2.05, 4.69) is 21.0 Å². The highest BCUT2D eigenvalue weighted by atomic mass is 79.9. The third-order valence-electron chi connectivity index (χ3n) is 1.97. The zero-order chi connectivity index (χ0) is 11.7. The van der Waals surface area contributed by atoms with Gasteiger partial charge in [-0.25, -0.2) is 9.07 Å². The summed E-state index contributed by atoms with van der Waals surface area (Å²) < 4.78 is 14.6. The summed E-state index contributed by atoms with van der Waals surface area (Å²) in [6.07, 6.45) is 3.04. The SMILES string of the molecule is O=[N+]([O-])c1cc(F)c(Br)cc1-n1cccn1. The van der Waals surface area contributed by atoms with Gasteiger partial charge in [-0.3, -0.25) is 10.1 Å². The fourth-order valence-corrected chi connectivity index (χ4v) is 1.60. The van der Waals surface area contributed by atoms with Gasteiger partial charge in [0.2, 0.25) is 0 Å². The Balaban J connectivity index is 2.68. The molecule has 0 fully saturated rings. The molecule has 16 heavy (non-hydrogen) atoms. The van der Waals surface area contributed by atoms with E-state index in [4.69, 9.17) is 0 Å². The third-order valence-corrected chi connectivity index (χ3v) is 2.57. The van der Waals surface area contributed by atoms with Crippen LogP contribution in [0.3, 0.4) is 0 Å². The van der Waals surface area contributed by atoms with E-state index in [0.29, 0.717) is 0 Å². The standard InChI is InChI=1S/C9H5BrFN3O2/c10-6-4-8(13-3-1-2-12-13)9(14(15)16)5-7(6)11/h1-5H. The summed E-state index contributed by atoms with van der Waals surface area (Å²) in [5, 5.41) is 14.6. The zero-order valence-corrected chi connectivity index (χ0v) is 9.39. The summed E-state index contributed by atoms with van der Waals surface area (Å²) in [4.78, 5) is 10.1. The molecule has 5 nitrogen and oxygen atoms in total. The second-order valence-corrected chi connectivity index (χ2v) is 3.82. The number of nitro groups is 1. The number of hydrogen-bond donors (Lipinski definition) is 0. The first-order valence-corrected chi connectivity index (χ1v) is 5.02. The minimum absolute atomic E-state index is 0.156. The first kappa shape index (κ1) is 10.7. The van der Waals surface area contributed by atoms with E-state index >= 15 is 0 Å². The van der Waals surface area contributed by atoms with Crippen LogP contribution in [0, 0.1) is 15.9 Å². The minimum atomic E-state index is -0.678. The largest absolute Gasteiger partial charge is 0.297 e. The molecule has 0 N–H and O–H groups in total. The van der Waals surface area contributed by atoms with E-state index in [9.17, 15) is 14.5 Å². The fourth-order valence-electron chi connectivity index (χ4n) is 1.27. The van der Waals surface area contributed by atoms with Crippen molar-refractivity contribution in [3.8, 4) is 5.69 Å². The van der Waals surface area contributed by atoms with Gasteiger partial charge in [-0.2, -0.15) is 5.10 Å². The van der Waals surface area contributed by atoms with Gasteiger partial charge >= 0.3 is 0 Å². The van der Waals surface area contributed by atoms with Crippen LogP contribution in [0.4, 0.5) is 10.1 Å². The summed E-state index contributed by atoms with van der Waals surface area (Å²) in [5.41, 5.74) is -0.118. The summed E-state index contributed by atoms with van der Waals surface area (Å²) in [6.45, 7) is 0. The number of hydrogen-bond acceptors (Lipinski definition) is 3. The molecule has 82 valence electrons. The van der Waals surface area contributed by atoms with E-state index in [1.165, 1.54) is 16.9 Å². The van der Waals surface area contributed by atoms with Crippen molar-refractivity contribution in [1.29, 1.82) is 0 Å². The van der Waals surface area contributed by atoms with Crippen LogP contribution in [-0.4, -0.2) is 14.7 Å². The molecule has 0 saturated carbocycles. The number of nitrogens with zero attached hydrogens (tertiary/aromatic N) is 3. The maximum Gasteiger partial charge on any atom is 0.297 e. The molecule has 0 spiro atoms. The second-order valence-electron chi connectivity index (χ2n) is 2.96. The van der Waals surface area contributed by atoms with Crippen LogP contribution < -0.4 is 0 Å². The van der Waals surface area contributed by atoms with Crippen LogP contribution in [0.15, 0.2) is 35.1 Å². The van der Waals surface area contributed by atoms with Crippen molar-refractivity contribution >= 4 is 21.6 Å². The molecular weight excluding hydrogens is 281 g/mol. The number of halogens is 2. The molecule has 7 heteroatoms. The third kappa shape index (κ3) is 1.81. The maximum atomic E-state index is 13.2. The van der Waals surface area contributed by atoms with Gasteiger partial charge in [-0.05, 0) is 28.1 Å². The number of benzene rings is 1. The topological polar surface area (TPSA) is 61.0 Å². The molecule has 0 aliphatic heterocycles. The Morgan fingerprint density at radius 3 is 2.81 bits per heavy atom. The fraction of sp³-hybridized carbons (Fsp3) is 0. The average molecular weight is 286 g/mol. The molecule has 1 heterocycles. The Bertz CT molecular complexity index is 542. The summed E-state index contributed by atoms with van der Waals surface area (Å²) >= 11 is 2.98. The van der Waals surface area contributed by atoms with Crippen LogP contribution in [0.25, 0.3) is 5.69 Å². The molecule has 0 aliphatic rings. The maximum absolute atomic E-state index is 13.2. The molecule has 1 aromatic carbocycles. The molecule has 2 rings (SSSR count). The van der Waals surface area contributed by atoms with Crippen molar-refractivity contribution in [2.45, 2.75) is 0 Å². The molecule has 0 aliphatic carbocycles. The summed E-state index contributed by atoms with van der Waals surface area (Å²) in [5.74, 6) is -0.678. The molecule has 0 bridgehead atoms. The van der Waals surface area contributed by atoms with E-state index in [-0.39, 0.29) is 15.8 Å². The molecular formula is C9H5BrFN3O2. The van der Waals surface area contributed by atoms with Gasteiger partial charge in [0, 0.05) is 12.4 Å². The van der Waals surface area contributed by atoms with Crippen molar-refractivity contribution in [2.24, 2.45) is 0 Å². The van der Waals surface area contributed by atoms with Gasteiger partial charge in [-0.15, -0.1) is 0 Å². The van der Waals surface area contributed by atoms with Crippen molar-refractivity contribution < 1.29 is 9.31 Å².